The Morgan fingerprint density at radius 2 is 1.53 bits per heavy atom. The maximum absolute atomic E-state index is 13.4. The van der Waals surface area contributed by atoms with Gasteiger partial charge in [-0.05, 0) is 59.7 Å². The maximum Gasteiger partial charge on any atom is 0.416 e. The van der Waals surface area contributed by atoms with E-state index in [1.807, 2.05) is 60.7 Å². The van der Waals surface area contributed by atoms with Crippen LogP contribution in [-0.4, -0.2) is 19.9 Å². The van der Waals surface area contributed by atoms with Crippen molar-refractivity contribution >= 4 is 29.1 Å². The number of halogens is 4. The van der Waals surface area contributed by atoms with E-state index >= 15 is 0 Å². The number of ether oxygens (including phenoxy) is 2. The molecule has 1 aliphatic heterocycles. The van der Waals surface area contributed by atoms with Gasteiger partial charge in [0.05, 0.1) is 42.2 Å². The third kappa shape index (κ3) is 5.20. The highest BCUT2D eigenvalue weighted by atomic mass is 35.5. The van der Waals surface area contributed by atoms with Crippen LogP contribution in [0.15, 0.2) is 77.9 Å². The van der Waals surface area contributed by atoms with Crippen LogP contribution in [0.5, 0.6) is 11.5 Å². The van der Waals surface area contributed by atoms with Crippen molar-refractivity contribution < 1.29 is 22.6 Å². The summed E-state index contributed by atoms with van der Waals surface area (Å²) in [5.74, 6) is 1.44. The Hall–Kier alpha value is -3.45. The molecule has 3 aromatic rings. The van der Waals surface area contributed by atoms with E-state index in [0.717, 1.165) is 29.0 Å². The van der Waals surface area contributed by atoms with Gasteiger partial charge >= 0.3 is 6.18 Å². The molecule has 4 rings (SSSR count). The van der Waals surface area contributed by atoms with E-state index in [4.69, 9.17) is 21.1 Å². The first-order chi connectivity index (χ1) is 16.3. The van der Waals surface area contributed by atoms with Crippen LogP contribution in [0.2, 0.25) is 5.02 Å². The Bertz CT molecular complexity index is 1210. The van der Waals surface area contributed by atoms with Gasteiger partial charge in [-0.2, -0.15) is 18.3 Å². The van der Waals surface area contributed by atoms with Crippen LogP contribution in [0, 0.1) is 0 Å². The topological polar surface area (TPSA) is 34.1 Å². The van der Waals surface area contributed by atoms with Gasteiger partial charge in [0, 0.05) is 6.42 Å². The number of alkyl halides is 3. The van der Waals surface area contributed by atoms with Gasteiger partial charge in [-0.15, -0.1) is 0 Å². The number of hydrogen-bond donors (Lipinski definition) is 0. The molecular formula is C26H22ClF3N2O2. The quantitative estimate of drug-likeness (QED) is 0.364. The highest BCUT2D eigenvalue weighted by molar-refractivity contribution is 6.33. The highest BCUT2D eigenvalue weighted by Gasteiger charge is 2.34. The first-order valence-electron chi connectivity index (χ1n) is 10.5. The first-order valence-corrected chi connectivity index (χ1v) is 10.9. The summed E-state index contributed by atoms with van der Waals surface area (Å²) in [7, 11) is 3.18. The van der Waals surface area contributed by atoms with Crippen molar-refractivity contribution in [2.45, 2.75) is 18.6 Å². The van der Waals surface area contributed by atoms with Gasteiger partial charge in [-0.1, -0.05) is 41.9 Å². The van der Waals surface area contributed by atoms with Gasteiger partial charge in [0.25, 0.3) is 0 Å². The zero-order valence-electron chi connectivity index (χ0n) is 18.5. The first kappa shape index (κ1) is 23.7. The molecule has 1 heterocycles. The molecule has 0 aliphatic carbocycles. The van der Waals surface area contributed by atoms with Crippen LogP contribution >= 0.6 is 11.6 Å². The number of rotatable bonds is 6. The molecule has 0 N–H and O–H groups in total. The highest BCUT2D eigenvalue weighted by Crippen LogP contribution is 2.42. The van der Waals surface area contributed by atoms with Crippen molar-refractivity contribution in [2.75, 3.05) is 19.2 Å². The molecule has 34 heavy (non-hydrogen) atoms. The van der Waals surface area contributed by atoms with E-state index in [1.165, 1.54) is 6.07 Å². The third-order valence-corrected chi connectivity index (χ3v) is 5.86. The lowest BCUT2D eigenvalue weighted by atomic mass is 10.0. The largest absolute Gasteiger partial charge is 0.497 e. The molecule has 0 saturated carbocycles. The molecule has 0 aromatic heterocycles. The molecule has 4 nitrogen and oxygen atoms in total. The summed E-state index contributed by atoms with van der Waals surface area (Å²) in [5, 5.41) is 6.40. The molecule has 0 amide bonds. The molecule has 0 saturated heterocycles. The van der Waals surface area contributed by atoms with E-state index in [1.54, 1.807) is 19.2 Å². The second kappa shape index (κ2) is 9.81. The van der Waals surface area contributed by atoms with Crippen molar-refractivity contribution in [2.24, 2.45) is 5.10 Å². The van der Waals surface area contributed by atoms with E-state index in [-0.39, 0.29) is 16.8 Å². The van der Waals surface area contributed by atoms with Crippen molar-refractivity contribution in [3.8, 4) is 11.5 Å². The summed E-state index contributed by atoms with van der Waals surface area (Å²) < 4.78 is 50.6. The number of anilines is 1. The lowest BCUT2D eigenvalue weighted by molar-refractivity contribution is -0.137. The Morgan fingerprint density at radius 1 is 0.912 bits per heavy atom. The summed E-state index contributed by atoms with van der Waals surface area (Å²) in [4.78, 5) is 0. The molecule has 1 aliphatic rings. The molecule has 0 radical (unpaired) electrons. The molecular weight excluding hydrogens is 465 g/mol. The van der Waals surface area contributed by atoms with Gasteiger partial charge in [0.1, 0.15) is 11.5 Å². The Kier molecular flexibility index (Phi) is 6.84. The second-order valence-corrected chi connectivity index (χ2v) is 8.11. The number of hydrogen-bond acceptors (Lipinski definition) is 4. The number of hydrazone groups is 1. The number of allylic oxidation sites excluding steroid dienone is 1. The molecule has 3 aromatic carbocycles. The van der Waals surface area contributed by atoms with Gasteiger partial charge in [-0.3, -0.25) is 5.01 Å². The fraction of sp³-hybridized carbons (Fsp3) is 0.192. The van der Waals surface area contributed by atoms with Crippen molar-refractivity contribution in [1.29, 1.82) is 0 Å². The van der Waals surface area contributed by atoms with Crippen LogP contribution in [0.25, 0.3) is 6.08 Å². The van der Waals surface area contributed by atoms with E-state index in [2.05, 4.69) is 5.10 Å². The molecule has 176 valence electrons. The second-order valence-electron chi connectivity index (χ2n) is 7.70. The van der Waals surface area contributed by atoms with E-state index in [9.17, 15) is 13.2 Å². The predicted octanol–water partition coefficient (Wildman–Crippen LogP) is 7.40. The third-order valence-electron chi connectivity index (χ3n) is 5.54. The van der Waals surface area contributed by atoms with Gasteiger partial charge in [-0.25, -0.2) is 0 Å². The zero-order chi connectivity index (χ0) is 24.3. The van der Waals surface area contributed by atoms with Crippen molar-refractivity contribution in [1.82, 2.24) is 0 Å². The van der Waals surface area contributed by atoms with E-state index < -0.39 is 11.7 Å². The standard InChI is InChI=1S/C26H22ClF3N2O2/c1-33-21-10-4-17(5-11-21)3-9-20-16-24(18-6-12-22(34-2)13-7-18)32(31-20)25-15-19(26(28,29)30)8-14-23(25)27/h3-15,24H,16H2,1-2H3. The lowest BCUT2D eigenvalue weighted by Gasteiger charge is -2.25. The van der Waals surface area contributed by atoms with E-state index in [0.29, 0.717) is 17.9 Å². The summed E-state index contributed by atoms with van der Waals surface area (Å²) >= 11 is 6.35. The molecule has 0 bridgehead atoms. The Balaban J connectivity index is 1.70. The smallest absolute Gasteiger partial charge is 0.416 e. The average Bonchev–Trinajstić information content (AvgIpc) is 3.26. The molecule has 1 atom stereocenters. The van der Waals surface area contributed by atoms with Crippen LogP contribution < -0.4 is 14.5 Å². The predicted molar refractivity (Wildman–Crippen MR) is 129 cm³/mol. The van der Waals surface area contributed by atoms with Crippen LogP contribution in [-0.2, 0) is 6.18 Å². The average molecular weight is 487 g/mol. The zero-order valence-corrected chi connectivity index (χ0v) is 19.3. The molecule has 0 spiro atoms. The summed E-state index contributed by atoms with van der Waals surface area (Å²) in [6, 6.07) is 17.8. The van der Waals surface area contributed by atoms with Crippen LogP contribution in [0.4, 0.5) is 18.9 Å². The minimum absolute atomic E-state index is 0.190. The van der Waals surface area contributed by atoms with Gasteiger partial charge in [0.15, 0.2) is 0 Å². The van der Waals surface area contributed by atoms with Gasteiger partial charge < -0.3 is 9.47 Å². The Labute approximate surface area is 200 Å². The summed E-state index contributed by atoms with van der Waals surface area (Å²) in [6.07, 6.45) is -0.235. The number of nitrogens with zero attached hydrogens (tertiary/aromatic N) is 2. The summed E-state index contributed by atoms with van der Waals surface area (Å²) in [6.45, 7) is 0. The summed E-state index contributed by atoms with van der Waals surface area (Å²) in [5.41, 5.74) is 1.96. The molecule has 1 unspecified atom stereocenters. The van der Waals surface area contributed by atoms with Crippen molar-refractivity contribution in [3.63, 3.8) is 0 Å². The minimum atomic E-state index is -4.49. The Morgan fingerprint density at radius 3 is 2.12 bits per heavy atom. The number of methoxy groups -OCH3 is 2. The van der Waals surface area contributed by atoms with Gasteiger partial charge in [0.2, 0.25) is 0 Å². The number of benzene rings is 3. The van der Waals surface area contributed by atoms with Crippen LogP contribution in [0.1, 0.15) is 29.2 Å². The molecule has 8 heteroatoms. The fourth-order valence-electron chi connectivity index (χ4n) is 3.71. The fourth-order valence-corrected chi connectivity index (χ4v) is 3.92. The van der Waals surface area contributed by atoms with Crippen LogP contribution in [0.3, 0.4) is 0 Å². The normalized spacial score (nSPS) is 16.1. The minimum Gasteiger partial charge on any atom is -0.497 e. The SMILES string of the molecule is COc1ccc(C=CC2=NN(c3cc(C(F)(F)F)ccc3Cl)C(c3ccc(OC)cc3)C2)cc1. The maximum atomic E-state index is 13.4. The monoisotopic (exact) mass is 486 g/mol. The lowest BCUT2D eigenvalue weighted by Crippen LogP contribution is -2.19. The molecule has 0 fully saturated rings. The van der Waals surface area contributed by atoms with Crippen molar-refractivity contribution in [3.05, 3.63) is 94.5 Å².